The second-order valence-electron chi connectivity index (χ2n) is 8.03. The molecule has 0 spiro atoms. The molecule has 180 valence electrons. The normalized spacial score (nSPS) is 11.8. The Hall–Kier alpha value is -4.14. The molecule has 2 N–H and O–H groups in total. The zero-order chi connectivity index (χ0) is 24.8. The molecule has 0 saturated heterocycles. The topological polar surface area (TPSA) is 102 Å². The van der Waals surface area contributed by atoms with E-state index >= 15 is 0 Å². The molecule has 9 heteroatoms. The monoisotopic (exact) mass is 474 g/mol. The van der Waals surface area contributed by atoms with Gasteiger partial charge >= 0.3 is 0 Å². The van der Waals surface area contributed by atoms with Crippen molar-refractivity contribution in [2.45, 2.75) is 26.2 Å². The van der Waals surface area contributed by atoms with E-state index < -0.39 is 11.7 Å². The molecule has 1 atom stereocenters. The maximum atomic E-state index is 14.3. The highest BCUT2D eigenvalue weighted by Crippen LogP contribution is 2.29. The molecule has 1 unspecified atom stereocenters. The molecule has 3 heterocycles. The summed E-state index contributed by atoms with van der Waals surface area (Å²) < 4.78 is 19.7. The molecule has 3 aromatic heterocycles. The zero-order valence-electron chi connectivity index (χ0n) is 19.9. The minimum absolute atomic E-state index is 0.0157. The summed E-state index contributed by atoms with van der Waals surface area (Å²) in [5.41, 5.74) is 3.23. The van der Waals surface area contributed by atoms with Crippen LogP contribution in [-0.4, -0.2) is 46.0 Å². The van der Waals surface area contributed by atoms with Crippen LogP contribution in [0.25, 0.3) is 22.2 Å². The average Bonchev–Trinajstić information content (AvgIpc) is 2.88. The fraction of sp³-hybridized carbons (Fsp3) is 0.269. The number of rotatable bonds is 9. The number of para-hydroxylation sites is 1. The summed E-state index contributed by atoms with van der Waals surface area (Å²) >= 11 is 0. The first kappa shape index (κ1) is 24.0. The first-order valence-corrected chi connectivity index (χ1v) is 11.5. The Kier molecular flexibility index (Phi) is 7.45. The minimum Gasteiger partial charge on any atom is -0.478 e. The van der Waals surface area contributed by atoms with Crippen molar-refractivity contribution in [1.82, 2.24) is 25.3 Å². The lowest BCUT2D eigenvalue weighted by Crippen LogP contribution is -2.20. The number of anilines is 1. The van der Waals surface area contributed by atoms with E-state index in [1.165, 1.54) is 13.4 Å². The molecule has 0 bridgehead atoms. The predicted molar refractivity (Wildman–Crippen MR) is 133 cm³/mol. The number of amides is 1. The number of carbonyl (C=O) groups excluding carboxylic acids is 1. The second-order valence-corrected chi connectivity index (χ2v) is 8.03. The number of fused-ring (bicyclic) bond motifs is 1. The molecule has 35 heavy (non-hydrogen) atoms. The first-order chi connectivity index (χ1) is 17.0. The summed E-state index contributed by atoms with van der Waals surface area (Å²) in [5.74, 6) is 0.287. The highest BCUT2D eigenvalue weighted by molar-refractivity contribution is 6.06. The SMILES string of the molecule is CCOc1ccc(-c2cc(NCCC(C)c3cccc4c(C(=O)NC)c(F)cnc34)ncn2)cn1. The summed E-state index contributed by atoms with van der Waals surface area (Å²) in [6.45, 7) is 5.21. The smallest absolute Gasteiger partial charge is 0.254 e. The lowest BCUT2D eigenvalue weighted by atomic mass is 9.93. The van der Waals surface area contributed by atoms with E-state index in [1.807, 2.05) is 37.3 Å². The average molecular weight is 475 g/mol. The number of nitrogens with one attached hydrogen (secondary N) is 2. The van der Waals surface area contributed by atoms with Crippen LogP contribution in [0.15, 0.2) is 55.1 Å². The van der Waals surface area contributed by atoms with Crippen molar-refractivity contribution in [1.29, 1.82) is 0 Å². The van der Waals surface area contributed by atoms with Crippen molar-refractivity contribution in [2.24, 2.45) is 0 Å². The van der Waals surface area contributed by atoms with E-state index in [1.54, 1.807) is 12.3 Å². The second kappa shape index (κ2) is 10.9. The molecule has 1 amide bonds. The third-order valence-electron chi connectivity index (χ3n) is 5.74. The van der Waals surface area contributed by atoms with Crippen molar-refractivity contribution in [3.05, 3.63) is 72.1 Å². The fourth-order valence-corrected chi connectivity index (χ4v) is 3.92. The van der Waals surface area contributed by atoms with Crippen LogP contribution < -0.4 is 15.4 Å². The Balaban J connectivity index is 1.46. The van der Waals surface area contributed by atoms with Crippen molar-refractivity contribution >= 4 is 22.6 Å². The van der Waals surface area contributed by atoms with Crippen LogP contribution in [0.5, 0.6) is 5.88 Å². The van der Waals surface area contributed by atoms with Gasteiger partial charge in [-0.25, -0.2) is 19.3 Å². The largest absolute Gasteiger partial charge is 0.478 e. The lowest BCUT2D eigenvalue weighted by Gasteiger charge is -2.16. The van der Waals surface area contributed by atoms with Gasteiger partial charge in [0.05, 0.1) is 29.6 Å². The van der Waals surface area contributed by atoms with Gasteiger partial charge in [0.15, 0.2) is 5.82 Å². The van der Waals surface area contributed by atoms with Crippen LogP contribution in [-0.2, 0) is 0 Å². The fourth-order valence-electron chi connectivity index (χ4n) is 3.92. The number of hydrogen-bond acceptors (Lipinski definition) is 7. The molecule has 4 aromatic rings. The van der Waals surface area contributed by atoms with Gasteiger partial charge in [-0.3, -0.25) is 9.78 Å². The third-order valence-corrected chi connectivity index (χ3v) is 5.74. The quantitative estimate of drug-likeness (QED) is 0.366. The Labute approximate surface area is 203 Å². The summed E-state index contributed by atoms with van der Waals surface area (Å²) in [7, 11) is 1.48. The lowest BCUT2D eigenvalue weighted by molar-refractivity contribution is 0.0960. The summed E-state index contributed by atoms with van der Waals surface area (Å²) in [5, 5.41) is 6.35. The van der Waals surface area contributed by atoms with E-state index in [0.717, 1.165) is 29.4 Å². The summed E-state index contributed by atoms with van der Waals surface area (Å²) in [6, 6.07) is 11.1. The van der Waals surface area contributed by atoms with Crippen LogP contribution in [0.1, 0.15) is 42.1 Å². The Morgan fingerprint density at radius 3 is 2.71 bits per heavy atom. The van der Waals surface area contributed by atoms with Gasteiger partial charge in [0.2, 0.25) is 5.88 Å². The van der Waals surface area contributed by atoms with Crippen molar-refractivity contribution in [3.8, 4) is 17.1 Å². The van der Waals surface area contributed by atoms with Gasteiger partial charge in [-0.1, -0.05) is 25.1 Å². The van der Waals surface area contributed by atoms with Crippen LogP contribution in [0, 0.1) is 5.82 Å². The van der Waals surface area contributed by atoms with Gasteiger partial charge in [0, 0.05) is 42.9 Å². The molecule has 0 radical (unpaired) electrons. The van der Waals surface area contributed by atoms with Gasteiger partial charge in [0.1, 0.15) is 12.1 Å². The number of pyridine rings is 2. The molecular formula is C26H27FN6O2. The van der Waals surface area contributed by atoms with Gasteiger partial charge < -0.3 is 15.4 Å². The highest BCUT2D eigenvalue weighted by Gasteiger charge is 2.19. The summed E-state index contributed by atoms with van der Waals surface area (Å²) in [6.07, 6.45) is 5.13. The third kappa shape index (κ3) is 5.34. The zero-order valence-corrected chi connectivity index (χ0v) is 19.9. The standard InChI is InChI=1S/C26H27FN6O2/c1-4-35-23-9-8-17(13-30-23)21-12-22(33-15-32-21)29-11-10-16(2)18-6-5-7-19-24(26(34)28-3)20(27)14-31-25(18)19/h5-9,12-16H,4,10-11H2,1-3H3,(H,28,34)(H,29,32,33). The van der Waals surface area contributed by atoms with Crippen LogP contribution in [0.4, 0.5) is 10.2 Å². The van der Waals surface area contributed by atoms with Crippen molar-refractivity contribution in [2.75, 3.05) is 25.5 Å². The highest BCUT2D eigenvalue weighted by atomic mass is 19.1. The number of hydrogen-bond donors (Lipinski definition) is 2. The van der Waals surface area contributed by atoms with E-state index in [-0.39, 0.29) is 11.5 Å². The van der Waals surface area contributed by atoms with Gasteiger partial charge in [-0.15, -0.1) is 0 Å². The molecule has 0 aliphatic carbocycles. The summed E-state index contributed by atoms with van der Waals surface area (Å²) in [4.78, 5) is 29.5. The molecule has 0 saturated carbocycles. The van der Waals surface area contributed by atoms with Crippen LogP contribution in [0.3, 0.4) is 0 Å². The van der Waals surface area contributed by atoms with E-state index in [9.17, 15) is 9.18 Å². The minimum atomic E-state index is -0.634. The molecule has 0 aliphatic rings. The number of aromatic nitrogens is 4. The number of carbonyl (C=O) groups is 1. The number of ether oxygens (including phenoxy) is 1. The Morgan fingerprint density at radius 1 is 1.11 bits per heavy atom. The molecule has 1 aromatic carbocycles. The number of nitrogens with zero attached hydrogens (tertiary/aromatic N) is 4. The molecule has 8 nitrogen and oxygen atoms in total. The molecular weight excluding hydrogens is 447 g/mol. The van der Waals surface area contributed by atoms with Gasteiger partial charge in [-0.05, 0) is 30.9 Å². The van der Waals surface area contributed by atoms with Crippen molar-refractivity contribution in [3.63, 3.8) is 0 Å². The predicted octanol–water partition coefficient (Wildman–Crippen LogP) is 4.59. The van der Waals surface area contributed by atoms with Crippen molar-refractivity contribution < 1.29 is 13.9 Å². The molecule has 0 fully saturated rings. The number of halogens is 1. The van der Waals surface area contributed by atoms with Crippen LogP contribution in [0.2, 0.25) is 0 Å². The first-order valence-electron chi connectivity index (χ1n) is 11.5. The maximum Gasteiger partial charge on any atom is 0.254 e. The maximum absolute atomic E-state index is 14.3. The van der Waals surface area contributed by atoms with Gasteiger partial charge in [0.25, 0.3) is 5.91 Å². The molecule has 0 aliphatic heterocycles. The molecule has 4 rings (SSSR count). The van der Waals surface area contributed by atoms with Crippen LogP contribution >= 0.6 is 0 Å². The van der Waals surface area contributed by atoms with E-state index in [2.05, 4.69) is 37.5 Å². The Bertz CT molecular complexity index is 1330. The van der Waals surface area contributed by atoms with Gasteiger partial charge in [-0.2, -0.15) is 0 Å². The number of benzene rings is 1. The Morgan fingerprint density at radius 2 is 1.97 bits per heavy atom. The van der Waals surface area contributed by atoms with E-state index in [0.29, 0.717) is 35.8 Å². The van der Waals surface area contributed by atoms with E-state index in [4.69, 9.17) is 4.74 Å².